The number of hydrogen-bond donors (Lipinski definition) is 4. The number of phenols is 1. The van der Waals surface area contributed by atoms with Crippen LogP contribution in [0.15, 0.2) is 96.5 Å². The number of nitrogen functional groups attached to an aromatic ring is 1. The molecular formula is C67H86N10O6S. The second-order valence-electron chi connectivity index (χ2n) is 25.4. The molecule has 7 atom stereocenters. The Morgan fingerprint density at radius 2 is 1.64 bits per heavy atom. The average Bonchev–Trinajstić information content (AvgIpc) is 4.33. The number of aliphatic hydroxyl groups excluding tert-OH is 1. The van der Waals surface area contributed by atoms with Crippen LogP contribution in [0, 0.1) is 54.3 Å². The fraction of sp³-hybridized carbons (Fsp3) is 0.552. The van der Waals surface area contributed by atoms with E-state index in [-0.39, 0.29) is 59.6 Å². The summed E-state index contributed by atoms with van der Waals surface area (Å²) in [7, 11) is 0. The van der Waals surface area contributed by atoms with Gasteiger partial charge in [0.05, 0.1) is 81.5 Å². The van der Waals surface area contributed by atoms with Crippen LogP contribution in [0.25, 0.3) is 21.7 Å². The zero-order valence-corrected chi connectivity index (χ0v) is 50.6. The molecule has 2 saturated carbocycles. The van der Waals surface area contributed by atoms with Crippen molar-refractivity contribution in [2.75, 3.05) is 58.2 Å². The molecule has 1 amide bonds. The fourth-order valence-corrected chi connectivity index (χ4v) is 15.0. The quantitative estimate of drug-likeness (QED) is 0.0478. The summed E-state index contributed by atoms with van der Waals surface area (Å²) < 4.78 is 15.2. The molecule has 3 unspecified atom stereocenters. The number of nitrogens with two attached hydrogens (primary N) is 1. The maximum Gasteiger partial charge on any atom is 0.223 e. The second-order valence-corrected chi connectivity index (χ2v) is 26.3. The predicted molar refractivity (Wildman–Crippen MR) is 328 cm³/mol. The molecule has 446 valence electrons. The van der Waals surface area contributed by atoms with Crippen LogP contribution in [0.5, 0.6) is 5.75 Å². The first kappa shape index (κ1) is 59.5. The first-order chi connectivity index (χ1) is 40.6. The van der Waals surface area contributed by atoms with Crippen LogP contribution in [-0.2, 0) is 19.1 Å². The van der Waals surface area contributed by atoms with E-state index in [1.54, 1.807) is 35.6 Å². The molecule has 2 aromatic carbocycles. The van der Waals surface area contributed by atoms with Gasteiger partial charge in [-0.15, -0.1) is 21.5 Å². The van der Waals surface area contributed by atoms with Crippen molar-refractivity contribution in [2.45, 2.75) is 148 Å². The third-order valence-corrected chi connectivity index (χ3v) is 20.4. The Morgan fingerprint density at radius 1 is 0.905 bits per heavy atom. The van der Waals surface area contributed by atoms with Crippen molar-refractivity contribution in [1.82, 2.24) is 45.0 Å². The number of allylic oxidation sites excluding steroid dienone is 1. The van der Waals surface area contributed by atoms with Gasteiger partial charge < -0.3 is 40.5 Å². The Hall–Kier alpha value is -6.26. The van der Waals surface area contributed by atoms with Gasteiger partial charge in [0.15, 0.2) is 5.82 Å². The standard InChI is InChI=1S/C67H86N10O6S/c1-41(2)64(62(80)31-52-29-54(78)34-58(52)67(81)71-43(4)48-13-15-50(16-14-48)65-44(5)69-40-84-65)63-35-60(42(3)39-82-63)76-25-17-46(18-26-76)37-74-23-21-55(22-24-74)83-56-32-53(33-56)75-27-19-49(20-28-75)45(6)77-38-47(36-70-77)11-12-51-30-59(72-73-66(51)68)57-9-7-8-10-61(57)79/h7-10,13-16,30,35-36,38,40-41,43,45-46,49,52-56,58,60,64,78-79H,3,17-29,31-34,37,39H2,1-2,4-6H3,(H2,68,73)(H,71,81)/t43-,45?,52?,53-,54-,56-,58+,60?,64-/m0/s1. The van der Waals surface area contributed by atoms with Crippen LogP contribution in [0.2, 0.25) is 0 Å². The molecule has 4 aliphatic heterocycles. The van der Waals surface area contributed by atoms with Gasteiger partial charge in [0.1, 0.15) is 23.9 Å². The largest absolute Gasteiger partial charge is 0.507 e. The molecule has 3 saturated heterocycles. The third-order valence-electron chi connectivity index (χ3n) is 19.4. The number of carbonyl (C=O) groups is 2. The summed E-state index contributed by atoms with van der Waals surface area (Å²) in [5, 5.41) is 37.3. The molecule has 5 fully saturated rings. The monoisotopic (exact) mass is 1160 g/mol. The molecule has 2 aliphatic carbocycles. The van der Waals surface area contributed by atoms with Gasteiger partial charge in [0, 0.05) is 49.8 Å². The Balaban J connectivity index is 0.583. The lowest BCUT2D eigenvalue weighted by molar-refractivity contribution is -0.129. The van der Waals surface area contributed by atoms with E-state index in [4.69, 9.17) is 20.3 Å². The molecule has 7 heterocycles. The van der Waals surface area contributed by atoms with Gasteiger partial charge in [-0.2, -0.15) is 5.10 Å². The molecule has 0 radical (unpaired) electrons. The number of aromatic nitrogens is 5. The van der Waals surface area contributed by atoms with Crippen LogP contribution < -0.4 is 11.1 Å². The lowest BCUT2D eigenvalue weighted by Gasteiger charge is -2.47. The zero-order chi connectivity index (χ0) is 58.6. The van der Waals surface area contributed by atoms with Gasteiger partial charge in [-0.05, 0) is 176 Å². The van der Waals surface area contributed by atoms with Crippen molar-refractivity contribution in [3.05, 3.63) is 119 Å². The average molecular weight is 1160 g/mol. The van der Waals surface area contributed by atoms with E-state index in [0.29, 0.717) is 66.4 Å². The summed E-state index contributed by atoms with van der Waals surface area (Å²) in [6.45, 7) is 22.8. The van der Waals surface area contributed by atoms with E-state index in [1.165, 1.54) is 0 Å². The lowest BCUT2D eigenvalue weighted by Crippen LogP contribution is -2.52. The molecule has 16 nitrogen and oxygen atoms in total. The number of ether oxygens (including phenoxy) is 2. The Morgan fingerprint density at radius 3 is 2.36 bits per heavy atom. The van der Waals surface area contributed by atoms with E-state index < -0.39 is 17.9 Å². The van der Waals surface area contributed by atoms with Gasteiger partial charge >= 0.3 is 0 Å². The number of hydrogen-bond acceptors (Lipinski definition) is 15. The van der Waals surface area contributed by atoms with Gasteiger partial charge in [0.25, 0.3) is 0 Å². The number of Topliss-reactive ketones (excluding diaryl/α,β-unsaturated/α-hetero) is 1. The fourth-order valence-electron chi connectivity index (χ4n) is 14.2. The minimum atomic E-state index is -0.617. The van der Waals surface area contributed by atoms with Gasteiger partial charge in [0.2, 0.25) is 5.91 Å². The van der Waals surface area contributed by atoms with E-state index in [0.717, 1.165) is 136 Å². The summed E-state index contributed by atoms with van der Waals surface area (Å²) in [6.07, 6.45) is 16.1. The Kier molecular flexibility index (Phi) is 18.8. The molecule has 11 rings (SSSR count). The van der Waals surface area contributed by atoms with Gasteiger partial charge in [-0.1, -0.05) is 68.7 Å². The maximum atomic E-state index is 14.4. The Labute approximate surface area is 500 Å². The van der Waals surface area contributed by atoms with Crippen molar-refractivity contribution in [1.29, 1.82) is 0 Å². The minimum Gasteiger partial charge on any atom is -0.507 e. The molecular weight excluding hydrogens is 1070 g/mol. The number of nitrogens with zero attached hydrogens (tertiary/aromatic N) is 8. The molecule has 0 spiro atoms. The number of aliphatic hydroxyl groups is 1. The first-order valence-corrected chi connectivity index (χ1v) is 31.9. The SMILES string of the molecule is C=C1COC([C@H](C(=O)CC2C[C@H](O)C[C@H]2C(=O)N[C@@H](C)c2ccc(-c3scnc3C)cc2)C(C)C)=CC1N1CCC(CN2CCC(O[C@H]3C[C@H](N4CCC(C(C)n5cc(C#Cc6cc(-c7ccccc7O)nnc6N)cn5)CC4)C3)CC2)CC1. The number of likely N-dealkylation sites (tertiary alicyclic amines) is 3. The topological polar surface area (TPSA) is 197 Å². The highest BCUT2D eigenvalue weighted by molar-refractivity contribution is 7.13. The molecule has 6 aliphatic rings. The molecule has 3 aromatic heterocycles. The number of piperidine rings is 3. The number of para-hydroxylation sites is 1. The number of anilines is 1. The molecule has 5 N–H and O–H groups in total. The van der Waals surface area contributed by atoms with E-state index in [1.807, 2.05) is 37.8 Å². The molecule has 0 bridgehead atoms. The highest BCUT2D eigenvalue weighted by Crippen LogP contribution is 2.41. The number of ketones is 1. The maximum absolute atomic E-state index is 14.4. The van der Waals surface area contributed by atoms with Crippen molar-refractivity contribution in [3.63, 3.8) is 0 Å². The number of carbonyl (C=O) groups excluding carboxylic acids is 2. The number of thiazole rings is 1. The van der Waals surface area contributed by atoms with Crippen molar-refractivity contribution >= 4 is 28.8 Å². The summed E-state index contributed by atoms with van der Waals surface area (Å²) in [6, 6.07) is 17.7. The zero-order valence-electron chi connectivity index (χ0n) is 49.7. The Bertz CT molecular complexity index is 3190. The highest BCUT2D eigenvalue weighted by atomic mass is 32.1. The first-order valence-electron chi connectivity index (χ1n) is 31.0. The summed E-state index contributed by atoms with van der Waals surface area (Å²) in [4.78, 5) is 41.7. The smallest absolute Gasteiger partial charge is 0.223 e. The predicted octanol–water partition coefficient (Wildman–Crippen LogP) is 9.79. The van der Waals surface area contributed by atoms with Crippen molar-refractivity contribution in [3.8, 4) is 39.3 Å². The highest BCUT2D eigenvalue weighted by Gasteiger charge is 2.43. The van der Waals surface area contributed by atoms with Crippen LogP contribution in [-0.4, -0.2) is 144 Å². The number of aryl methyl sites for hydroxylation is 1. The number of benzene rings is 2. The third kappa shape index (κ3) is 13.9. The lowest BCUT2D eigenvalue weighted by atomic mass is 9.81. The van der Waals surface area contributed by atoms with Gasteiger partial charge in [-0.25, -0.2) is 4.98 Å². The van der Waals surface area contributed by atoms with Crippen LogP contribution in [0.3, 0.4) is 0 Å². The van der Waals surface area contributed by atoms with Crippen molar-refractivity contribution in [2.24, 2.45) is 35.5 Å². The van der Waals surface area contributed by atoms with Crippen LogP contribution >= 0.6 is 11.3 Å². The number of rotatable bonds is 18. The number of nitrogens with one attached hydrogen (secondary N) is 1. The van der Waals surface area contributed by atoms with E-state index in [9.17, 15) is 19.8 Å². The summed E-state index contributed by atoms with van der Waals surface area (Å²) >= 11 is 1.62. The van der Waals surface area contributed by atoms with E-state index in [2.05, 4.69) is 109 Å². The second kappa shape index (κ2) is 26.6. The number of phenolic OH excluding ortho intramolecular Hbond substituents is 1. The number of aromatic hydroxyl groups is 1. The summed E-state index contributed by atoms with van der Waals surface area (Å²) in [5.41, 5.74) is 14.6. The summed E-state index contributed by atoms with van der Waals surface area (Å²) in [5.74, 6) is 7.50. The van der Waals surface area contributed by atoms with Crippen LogP contribution in [0.1, 0.15) is 133 Å². The van der Waals surface area contributed by atoms with Crippen molar-refractivity contribution < 1.29 is 29.3 Å². The molecule has 17 heteroatoms. The minimum absolute atomic E-state index is 0.00863. The molecule has 84 heavy (non-hydrogen) atoms. The number of amides is 1. The normalized spacial score (nSPS) is 25.3. The van der Waals surface area contributed by atoms with Crippen LogP contribution in [0.4, 0.5) is 5.82 Å². The van der Waals surface area contributed by atoms with E-state index >= 15 is 0 Å². The molecule has 5 aromatic rings. The van der Waals surface area contributed by atoms with Gasteiger partial charge in [-0.3, -0.25) is 19.2 Å².